The van der Waals surface area contributed by atoms with Crippen molar-refractivity contribution in [2.24, 2.45) is 11.3 Å². The van der Waals surface area contributed by atoms with E-state index in [1.54, 1.807) is 0 Å². The first-order chi connectivity index (χ1) is 4.73. The molecule has 10 heavy (non-hydrogen) atoms. The number of hydrogen-bond acceptors (Lipinski definition) is 1. The molecule has 0 aromatic heterocycles. The first-order valence-corrected chi connectivity index (χ1v) is 4.41. The van der Waals surface area contributed by atoms with Gasteiger partial charge in [0.1, 0.15) is 0 Å². The van der Waals surface area contributed by atoms with Gasteiger partial charge in [-0.05, 0) is 44.2 Å². The summed E-state index contributed by atoms with van der Waals surface area (Å²) >= 11 is 0. The average Bonchev–Trinajstić information content (AvgIpc) is 2.62. The molecule has 0 bridgehead atoms. The second kappa shape index (κ2) is 1.97. The zero-order chi connectivity index (χ0) is 7.19. The van der Waals surface area contributed by atoms with Crippen LogP contribution < -0.4 is 0 Å². The minimum absolute atomic E-state index is 0.785. The van der Waals surface area contributed by atoms with Gasteiger partial charge in [0.25, 0.3) is 0 Å². The van der Waals surface area contributed by atoms with E-state index < -0.39 is 0 Å². The van der Waals surface area contributed by atoms with E-state index in [0.29, 0.717) is 0 Å². The molecule has 0 N–H and O–H groups in total. The van der Waals surface area contributed by atoms with Gasteiger partial charge in [0.2, 0.25) is 0 Å². The lowest BCUT2D eigenvalue weighted by atomic mass is 9.84. The number of nitrogens with zero attached hydrogens (tertiary/aromatic N) is 1. The molecule has 0 radical (unpaired) electrons. The third-order valence-corrected chi connectivity index (χ3v) is 3.47. The van der Waals surface area contributed by atoms with Crippen molar-refractivity contribution < 1.29 is 0 Å². The molecular weight excluding hydrogens is 122 g/mol. The molecule has 0 aromatic rings. The fourth-order valence-corrected chi connectivity index (χ4v) is 2.30. The molecule has 1 saturated carbocycles. The van der Waals surface area contributed by atoms with Crippen molar-refractivity contribution in [2.75, 3.05) is 20.1 Å². The van der Waals surface area contributed by atoms with Crippen molar-refractivity contribution in [2.45, 2.75) is 26.2 Å². The Kier molecular flexibility index (Phi) is 1.31. The maximum Gasteiger partial charge on any atom is 0.00375 e. The highest BCUT2D eigenvalue weighted by Crippen LogP contribution is 2.55. The van der Waals surface area contributed by atoms with Crippen LogP contribution in [0.15, 0.2) is 0 Å². The van der Waals surface area contributed by atoms with Gasteiger partial charge < -0.3 is 4.90 Å². The van der Waals surface area contributed by atoms with E-state index in [1.165, 1.54) is 32.4 Å². The van der Waals surface area contributed by atoms with Crippen molar-refractivity contribution in [1.29, 1.82) is 0 Å². The van der Waals surface area contributed by atoms with E-state index in [9.17, 15) is 0 Å². The minimum atomic E-state index is 0.785. The lowest BCUT2D eigenvalue weighted by Crippen LogP contribution is -2.38. The van der Waals surface area contributed by atoms with Gasteiger partial charge >= 0.3 is 0 Å². The first-order valence-electron chi connectivity index (χ1n) is 4.41. The van der Waals surface area contributed by atoms with Gasteiger partial charge in [-0.25, -0.2) is 0 Å². The Morgan fingerprint density at radius 2 is 2.10 bits per heavy atom. The topological polar surface area (TPSA) is 3.24 Å². The molecular formula is C9H17N. The van der Waals surface area contributed by atoms with E-state index in [4.69, 9.17) is 0 Å². The molecule has 2 rings (SSSR count). The summed E-state index contributed by atoms with van der Waals surface area (Å²) in [6.07, 6.45) is 4.42. The molecule has 1 unspecified atom stereocenters. The highest BCUT2D eigenvalue weighted by molar-refractivity contribution is 5.01. The number of hydrogen-bond donors (Lipinski definition) is 0. The minimum Gasteiger partial charge on any atom is -0.306 e. The second-order valence-electron chi connectivity index (χ2n) is 4.29. The molecule has 2 fully saturated rings. The smallest absolute Gasteiger partial charge is 0.00375 e. The van der Waals surface area contributed by atoms with Crippen LogP contribution in [0.25, 0.3) is 0 Å². The third-order valence-electron chi connectivity index (χ3n) is 3.47. The fraction of sp³-hybridized carbons (Fsp3) is 1.00. The molecule has 0 amide bonds. The van der Waals surface area contributed by atoms with Gasteiger partial charge in [-0.1, -0.05) is 6.92 Å². The summed E-state index contributed by atoms with van der Waals surface area (Å²) in [7, 11) is 2.26. The van der Waals surface area contributed by atoms with Crippen molar-refractivity contribution >= 4 is 0 Å². The maximum atomic E-state index is 2.49. The zero-order valence-electron chi connectivity index (χ0n) is 7.06. The molecule has 1 heteroatoms. The van der Waals surface area contributed by atoms with Crippen molar-refractivity contribution in [3.05, 3.63) is 0 Å². The number of likely N-dealkylation sites (tertiary alicyclic amines) is 1. The zero-order valence-corrected chi connectivity index (χ0v) is 7.06. The van der Waals surface area contributed by atoms with Crippen LogP contribution in [0.3, 0.4) is 0 Å². The molecule has 58 valence electrons. The van der Waals surface area contributed by atoms with Crippen LogP contribution in [-0.2, 0) is 0 Å². The van der Waals surface area contributed by atoms with Crippen LogP contribution >= 0.6 is 0 Å². The quantitative estimate of drug-likeness (QED) is 0.494. The van der Waals surface area contributed by atoms with Crippen LogP contribution in [0.5, 0.6) is 0 Å². The molecule has 1 heterocycles. The first kappa shape index (κ1) is 6.66. The molecule has 1 spiro atoms. The van der Waals surface area contributed by atoms with Crippen molar-refractivity contribution in [1.82, 2.24) is 4.90 Å². The summed E-state index contributed by atoms with van der Waals surface area (Å²) in [6.45, 7) is 5.12. The van der Waals surface area contributed by atoms with Gasteiger partial charge in [-0.3, -0.25) is 0 Å². The molecule has 1 atom stereocenters. The largest absolute Gasteiger partial charge is 0.306 e. The lowest BCUT2D eigenvalue weighted by Gasteiger charge is -2.35. The normalized spacial score (nSPS) is 38.4. The molecule has 1 aliphatic heterocycles. The van der Waals surface area contributed by atoms with Gasteiger partial charge in [-0.15, -0.1) is 0 Å². The van der Waals surface area contributed by atoms with Gasteiger partial charge in [0.05, 0.1) is 0 Å². The van der Waals surface area contributed by atoms with E-state index in [2.05, 4.69) is 18.9 Å². The van der Waals surface area contributed by atoms with Gasteiger partial charge in [-0.2, -0.15) is 0 Å². The van der Waals surface area contributed by atoms with Crippen LogP contribution in [0.4, 0.5) is 0 Å². The summed E-state index contributed by atoms with van der Waals surface area (Å²) in [6, 6.07) is 0. The molecule has 1 nitrogen and oxygen atoms in total. The van der Waals surface area contributed by atoms with E-state index >= 15 is 0 Å². The molecule has 2 aliphatic rings. The summed E-state index contributed by atoms with van der Waals surface area (Å²) in [5.41, 5.74) is 0.785. The Bertz CT molecular complexity index is 138. The summed E-state index contributed by atoms with van der Waals surface area (Å²) < 4.78 is 0. The standard InChI is InChI=1S/C9H17N/c1-8-3-6-10(2)7-9(8)4-5-9/h8H,3-7H2,1-2H3. The number of piperidine rings is 1. The average molecular weight is 139 g/mol. The lowest BCUT2D eigenvalue weighted by molar-refractivity contribution is 0.136. The SMILES string of the molecule is CC1CCN(C)CC12CC2. The highest BCUT2D eigenvalue weighted by Gasteiger charge is 2.49. The van der Waals surface area contributed by atoms with Crippen molar-refractivity contribution in [3.63, 3.8) is 0 Å². The Morgan fingerprint density at radius 3 is 2.60 bits per heavy atom. The maximum absolute atomic E-state index is 2.49. The summed E-state index contributed by atoms with van der Waals surface area (Å²) in [5.74, 6) is 1.00. The molecule has 0 aromatic carbocycles. The number of rotatable bonds is 0. The van der Waals surface area contributed by atoms with E-state index in [0.717, 1.165) is 11.3 Å². The predicted octanol–water partition coefficient (Wildman–Crippen LogP) is 1.74. The van der Waals surface area contributed by atoms with Gasteiger partial charge in [0, 0.05) is 6.54 Å². The Balaban J connectivity index is 2.03. The molecule has 1 aliphatic carbocycles. The van der Waals surface area contributed by atoms with Crippen LogP contribution in [0.1, 0.15) is 26.2 Å². The predicted molar refractivity (Wildman–Crippen MR) is 42.9 cm³/mol. The molecule has 1 saturated heterocycles. The Labute approximate surface area is 63.4 Å². The van der Waals surface area contributed by atoms with E-state index in [-0.39, 0.29) is 0 Å². The van der Waals surface area contributed by atoms with Crippen LogP contribution in [-0.4, -0.2) is 25.0 Å². The Morgan fingerprint density at radius 1 is 1.40 bits per heavy atom. The summed E-state index contributed by atoms with van der Waals surface area (Å²) in [5, 5.41) is 0. The third kappa shape index (κ3) is 0.878. The highest BCUT2D eigenvalue weighted by atomic mass is 15.1. The fourth-order valence-electron chi connectivity index (χ4n) is 2.30. The second-order valence-corrected chi connectivity index (χ2v) is 4.29. The monoisotopic (exact) mass is 139 g/mol. The van der Waals surface area contributed by atoms with E-state index in [1.807, 2.05) is 0 Å². The van der Waals surface area contributed by atoms with Gasteiger partial charge in [0.15, 0.2) is 0 Å². The summed E-state index contributed by atoms with van der Waals surface area (Å²) in [4.78, 5) is 2.49. The van der Waals surface area contributed by atoms with Crippen LogP contribution in [0.2, 0.25) is 0 Å². The van der Waals surface area contributed by atoms with Crippen LogP contribution in [0, 0.1) is 11.3 Å². The Hall–Kier alpha value is -0.0400. The van der Waals surface area contributed by atoms with Crippen molar-refractivity contribution in [3.8, 4) is 0 Å².